The number of carboxylic acids is 1. The third-order valence-corrected chi connectivity index (χ3v) is 2.45. The predicted octanol–water partition coefficient (Wildman–Crippen LogP) is 1.40. The molecule has 1 aromatic heterocycles. The van der Waals surface area contributed by atoms with Crippen LogP contribution in [-0.2, 0) is 4.79 Å². The largest absolute Gasteiger partial charge is 0.481 e. The zero-order valence-electron chi connectivity index (χ0n) is 9.21. The molecule has 2 unspecified atom stereocenters. The maximum atomic E-state index is 11.0. The molecule has 2 atom stereocenters. The van der Waals surface area contributed by atoms with Crippen LogP contribution in [0.15, 0.2) is 24.5 Å². The zero-order chi connectivity index (χ0) is 11.4. The highest BCUT2D eigenvalue weighted by molar-refractivity contribution is 5.70. The summed E-state index contributed by atoms with van der Waals surface area (Å²) >= 11 is 0. The lowest BCUT2D eigenvalue weighted by Crippen LogP contribution is -2.30. The maximum absolute atomic E-state index is 11.0. The number of nitrogens with zero attached hydrogens (tertiary/aromatic N) is 2. The highest BCUT2D eigenvalue weighted by Gasteiger charge is 2.26. The van der Waals surface area contributed by atoms with Gasteiger partial charge in [-0.2, -0.15) is 0 Å². The Bertz CT molecular complexity index is 325. The Morgan fingerprint density at radius 1 is 1.53 bits per heavy atom. The number of rotatable bonds is 4. The van der Waals surface area contributed by atoms with Crippen molar-refractivity contribution in [3.63, 3.8) is 0 Å². The van der Waals surface area contributed by atoms with Crippen molar-refractivity contribution < 1.29 is 9.90 Å². The summed E-state index contributed by atoms with van der Waals surface area (Å²) in [5.74, 6) is -1.25. The van der Waals surface area contributed by atoms with Crippen LogP contribution in [0, 0.1) is 5.92 Å². The number of carbonyl (C=O) groups is 1. The zero-order valence-corrected chi connectivity index (χ0v) is 9.21. The molecule has 4 nitrogen and oxygen atoms in total. The van der Waals surface area contributed by atoms with Crippen molar-refractivity contribution in [2.24, 2.45) is 5.92 Å². The van der Waals surface area contributed by atoms with Crippen molar-refractivity contribution in [1.29, 1.82) is 0 Å². The first kappa shape index (κ1) is 11.7. The van der Waals surface area contributed by atoms with Crippen molar-refractivity contribution in [3.8, 4) is 0 Å². The van der Waals surface area contributed by atoms with E-state index >= 15 is 0 Å². The summed E-state index contributed by atoms with van der Waals surface area (Å²) in [4.78, 5) is 16.9. The van der Waals surface area contributed by atoms with E-state index in [-0.39, 0.29) is 6.04 Å². The summed E-state index contributed by atoms with van der Waals surface area (Å²) in [6.45, 7) is 1.71. The van der Waals surface area contributed by atoms with E-state index in [1.165, 1.54) is 0 Å². The summed E-state index contributed by atoms with van der Waals surface area (Å²) in [6, 6.07) is 3.58. The fourth-order valence-electron chi connectivity index (χ4n) is 1.72. The van der Waals surface area contributed by atoms with Crippen LogP contribution in [-0.4, -0.2) is 35.1 Å². The Labute approximate surface area is 89.6 Å². The Morgan fingerprint density at radius 2 is 2.20 bits per heavy atom. The predicted molar refractivity (Wildman–Crippen MR) is 57.5 cm³/mol. The summed E-state index contributed by atoms with van der Waals surface area (Å²) in [7, 11) is 3.74. The molecule has 1 heterocycles. The van der Waals surface area contributed by atoms with Gasteiger partial charge in [-0.05, 0) is 25.7 Å². The molecule has 0 aliphatic carbocycles. The van der Waals surface area contributed by atoms with E-state index in [0.717, 1.165) is 5.56 Å². The number of carboxylic acid groups (broad SMARTS) is 1. The molecular weight excluding hydrogens is 192 g/mol. The van der Waals surface area contributed by atoms with Crippen LogP contribution in [0.3, 0.4) is 0 Å². The van der Waals surface area contributed by atoms with Gasteiger partial charge in [-0.15, -0.1) is 0 Å². The minimum absolute atomic E-state index is 0.142. The smallest absolute Gasteiger partial charge is 0.308 e. The second kappa shape index (κ2) is 4.89. The van der Waals surface area contributed by atoms with Gasteiger partial charge in [0.05, 0.1) is 5.92 Å². The van der Waals surface area contributed by atoms with E-state index in [2.05, 4.69) is 4.98 Å². The minimum Gasteiger partial charge on any atom is -0.481 e. The van der Waals surface area contributed by atoms with Gasteiger partial charge in [0.15, 0.2) is 0 Å². The lowest BCUT2D eigenvalue weighted by atomic mass is 9.95. The second-order valence-corrected chi connectivity index (χ2v) is 3.82. The second-order valence-electron chi connectivity index (χ2n) is 3.82. The van der Waals surface area contributed by atoms with Gasteiger partial charge >= 0.3 is 5.97 Å². The average Bonchev–Trinajstić information content (AvgIpc) is 2.18. The fourth-order valence-corrected chi connectivity index (χ4v) is 1.72. The molecule has 0 aliphatic rings. The van der Waals surface area contributed by atoms with Gasteiger partial charge in [-0.3, -0.25) is 9.78 Å². The molecule has 4 heteroatoms. The van der Waals surface area contributed by atoms with E-state index in [1.54, 1.807) is 19.3 Å². The molecule has 0 amide bonds. The molecular formula is C11H16N2O2. The molecule has 1 aromatic rings. The monoisotopic (exact) mass is 208 g/mol. The molecule has 82 valence electrons. The van der Waals surface area contributed by atoms with E-state index in [1.807, 2.05) is 31.1 Å². The van der Waals surface area contributed by atoms with Crippen LogP contribution >= 0.6 is 0 Å². The van der Waals surface area contributed by atoms with Gasteiger partial charge in [-0.1, -0.05) is 13.0 Å². The standard InChI is InChI=1S/C11H16N2O2/c1-8(11(14)15)10(13(2)3)9-5-4-6-12-7-9/h4-8,10H,1-3H3,(H,14,15). The van der Waals surface area contributed by atoms with Gasteiger partial charge < -0.3 is 10.0 Å². The van der Waals surface area contributed by atoms with Crippen molar-refractivity contribution in [2.75, 3.05) is 14.1 Å². The van der Waals surface area contributed by atoms with Crippen LogP contribution in [0.5, 0.6) is 0 Å². The molecule has 0 aliphatic heterocycles. The van der Waals surface area contributed by atoms with Gasteiger partial charge in [0.2, 0.25) is 0 Å². The first-order valence-electron chi connectivity index (χ1n) is 4.83. The Kier molecular flexibility index (Phi) is 3.80. The molecule has 0 radical (unpaired) electrons. The van der Waals surface area contributed by atoms with Crippen molar-refractivity contribution >= 4 is 5.97 Å². The van der Waals surface area contributed by atoms with Crippen molar-refractivity contribution in [3.05, 3.63) is 30.1 Å². The molecule has 0 fully saturated rings. The minimum atomic E-state index is -0.794. The number of hydrogen-bond acceptors (Lipinski definition) is 3. The van der Waals surface area contributed by atoms with Gasteiger partial charge in [0.25, 0.3) is 0 Å². The highest BCUT2D eigenvalue weighted by atomic mass is 16.4. The molecule has 15 heavy (non-hydrogen) atoms. The third kappa shape index (κ3) is 2.76. The first-order chi connectivity index (χ1) is 7.04. The van der Waals surface area contributed by atoms with E-state index in [0.29, 0.717) is 0 Å². The number of hydrogen-bond donors (Lipinski definition) is 1. The fraction of sp³-hybridized carbons (Fsp3) is 0.455. The van der Waals surface area contributed by atoms with Gasteiger partial charge in [0, 0.05) is 18.4 Å². The van der Waals surface area contributed by atoms with Crippen LogP contribution < -0.4 is 0 Å². The summed E-state index contributed by atoms with van der Waals surface area (Å²) in [5, 5.41) is 9.02. The van der Waals surface area contributed by atoms with Crippen LogP contribution in [0.25, 0.3) is 0 Å². The topological polar surface area (TPSA) is 53.4 Å². The van der Waals surface area contributed by atoms with Crippen LogP contribution in [0.1, 0.15) is 18.5 Å². The number of aliphatic carboxylic acids is 1. The Hall–Kier alpha value is -1.42. The summed E-state index contributed by atoms with van der Waals surface area (Å²) in [5.41, 5.74) is 0.928. The normalized spacial score (nSPS) is 14.9. The summed E-state index contributed by atoms with van der Waals surface area (Å²) in [6.07, 6.45) is 3.39. The highest BCUT2D eigenvalue weighted by Crippen LogP contribution is 2.25. The van der Waals surface area contributed by atoms with E-state index in [9.17, 15) is 4.79 Å². The van der Waals surface area contributed by atoms with Gasteiger partial charge in [0.1, 0.15) is 0 Å². The lowest BCUT2D eigenvalue weighted by molar-refractivity contribution is -0.143. The van der Waals surface area contributed by atoms with Crippen LogP contribution in [0.2, 0.25) is 0 Å². The molecule has 1 N–H and O–H groups in total. The average molecular weight is 208 g/mol. The van der Waals surface area contributed by atoms with Crippen molar-refractivity contribution in [1.82, 2.24) is 9.88 Å². The Balaban J connectivity index is 2.99. The maximum Gasteiger partial charge on any atom is 0.308 e. The summed E-state index contributed by atoms with van der Waals surface area (Å²) < 4.78 is 0. The number of pyridine rings is 1. The lowest BCUT2D eigenvalue weighted by Gasteiger charge is -2.27. The van der Waals surface area contributed by atoms with E-state index in [4.69, 9.17) is 5.11 Å². The molecule has 0 spiro atoms. The molecule has 0 aromatic carbocycles. The van der Waals surface area contributed by atoms with E-state index < -0.39 is 11.9 Å². The van der Waals surface area contributed by atoms with Gasteiger partial charge in [-0.25, -0.2) is 0 Å². The molecule has 0 saturated heterocycles. The van der Waals surface area contributed by atoms with Crippen molar-refractivity contribution in [2.45, 2.75) is 13.0 Å². The SMILES string of the molecule is CC(C(=O)O)C(c1cccnc1)N(C)C. The first-order valence-corrected chi connectivity index (χ1v) is 4.83. The molecule has 1 rings (SSSR count). The number of aromatic nitrogens is 1. The quantitative estimate of drug-likeness (QED) is 0.812. The molecule has 0 bridgehead atoms. The van der Waals surface area contributed by atoms with Crippen LogP contribution in [0.4, 0.5) is 0 Å². The third-order valence-electron chi connectivity index (χ3n) is 2.45. The Morgan fingerprint density at radius 3 is 2.60 bits per heavy atom. The molecule has 0 saturated carbocycles.